The van der Waals surface area contributed by atoms with E-state index in [9.17, 15) is 20.0 Å². The number of nitro benzene ring substituents is 1. The van der Waals surface area contributed by atoms with Crippen molar-refractivity contribution < 1.29 is 24.0 Å². The van der Waals surface area contributed by atoms with Crippen LogP contribution in [0.3, 0.4) is 0 Å². The quantitative estimate of drug-likeness (QED) is 0.297. The van der Waals surface area contributed by atoms with Crippen molar-refractivity contribution in [2.75, 3.05) is 7.11 Å². The molecule has 28 heavy (non-hydrogen) atoms. The van der Waals surface area contributed by atoms with Crippen molar-refractivity contribution in [1.29, 1.82) is 0 Å². The van der Waals surface area contributed by atoms with Gasteiger partial charge in [-0.3, -0.25) is 14.9 Å². The minimum atomic E-state index is -0.726. The highest BCUT2D eigenvalue weighted by atomic mass is 79.9. The van der Waals surface area contributed by atoms with Gasteiger partial charge < -0.3 is 14.3 Å². The summed E-state index contributed by atoms with van der Waals surface area (Å²) in [4.78, 5) is 22.5. The van der Waals surface area contributed by atoms with Crippen LogP contribution in [0.15, 0.2) is 48.8 Å². The first kappa shape index (κ1) is 19.8. The molecule has 0 bridgehead atoms. The first-order chi connectivity index (χ1) is 13.3. The highest BCUT2D eigenvalue weighted by Gasteiger charge is 2.18. The number of nitrogens with zero attached hydrogens (tertiary/aromatic N) is 2. The van der Waals surface area contributed by atoms with Gasteiger partial charge in [0.25, 0.3) is 0 Å². The summed E-state index contributed by atoms with van der Waals surface area (Å²) in [6.07, 6.45) is 1.09. The van der Waals surface area contributed by atoms with Crippen LogP contribution in [-0.2, 0) is 0 Å². The second-order valence-corrected chi connectivity index (χ2v) is 7.29. The summed E-state index contributed by atoms with van der Waals surface area (Å²) in [5, 5.41) is 25.3. The van der Waals surface area contributed by atoms with E-state index in [0.717, 1.165) is 16.8 Å². The van der Waals surface area contributed by atoms with Crippen LogP contribution in [0, 0.1) is 10.1 Å². The SMILES string of the molecule is COc1cc(Br)cc2cc(C(=O)N/N=C\c3cc(Br)cc([N+](=O)[O-])c3O)oc12. The van der Waals surface area contributed by atoms with E-state index in [0.29, 0.717) is 21.2 Å². The molecule has 2 aromatic carbocycles. The van der Waals surface area contributed by atoms with Gasteiger partial charge in [-0.1, -0.05) is 31.9 Å². The van der Waals surface area contributed by atoms with Crippen LogP contribution >= 0.6 is 31.9 Å². The average molecular weight is 513 g/mol. The molecule has 0 saturated carbocycles. The third-order valence-corrected chi connectivity index (χ3v) is 4.56. The fraction of sp³-hybridized carbons (Fsp3) is 0.0588. The monoisotopic (exact) mass is 511 g/mol. The minimum Gasteiger partial charge on any atom is -0.502 e. The summed E-state index contributed by atoms with van der Waals surface area (Å²) in [7, 11) is 1.48. The largest absolute Gasteiger partial charge is 0.502 e. The highest BCUT2D eigenvalue weighted by Crippen LogP contribution is 2.33. The van der Waals surface area contributed by atoms with E-state index in [1.54, 1.807) is 12.1 Å². The molecule has 0 aliphatic carbocycles. The lowest BCUT2D eigenvalue weighted by molar-refractivity contribution is -0.385. The van der Waals surface area contributed by atoms with Gasteiger partial charge in [-0.15, -0.1) is 0 Å². The number of furan rings is 1. The lowest BCUT2D eigenvalue weighted by Crippen LogP contribution is -2.16. The molecule has 0 atom stereocenters. The van der Waals surface area contributed by atoms with Crippen molar-refractivity contribution >= 4 is 60.6 Å². The molecule has 0 aliphatic rings. The second kappa shape index (κ2) is 7.98. The van der Waals surface area contributed by atoms with Gasteiger partial charge >= 0.3 is 11.6 Å². The number of hydrazone groups is 1. The number of carbonyl (C=O) groups excluding carboxylic acids is 1. The fourth-order valence-corrected chi connectivity index (χ4v) is 3.33. The van der Waals surface area contributed by atoms with E-state index in [4.69, 9.17) is 9.15 Å². The van der Waals surface area contributed by atoms with Crippen LogP contribution in [0.25, 0.3) is 11.0 Å². The molecule has 11 heteroatoms. The molecular weight excluding hydrogens is 502 g/mol. The van der Waals surface area contributed by atoms with Gasteiger partial charge in [0, 0.05) is 26.0 Å². The zero-order valence-corrected chi connectivity index (χ0v) is 17.3. The number of aromatic hydroxyl groups is 1. The summed E-state index contributed by atoms with van der Waals surface area (Å²) in [5.41, 5.74) is 2.21. The summed E-state index contributed by atoms with van der Waals surface area (Å²) in [6, 6.07) is 7.57. The molecule has 1 aromatic heterocycles. The molecule has 0 unspecified atom stereocenters. The Hall–Kier alpha value is -2.92. The number of hydrogen-bond acceptors (Lipinski definition) is 7. The Balaban J connectivity index is 1.83. The van der Waals surface area contributed by atoms with Crippen molar-refractivity contribution in [2.24, 2.45) is 5.10 Å². The molecule has 0 fully saturated rings. The van der Waals surface area contributed by atoms with Crippen LogP contribution in [0.1, 0.15) is 16.1 Å². The Labute approximate surface area is 174 Å². The number of hydrogen-bond donors (Lipinski definition) is 2. The zero-order valence-electron chi connectivity index (χ0n) is 14.1. The van der Waals surface area contributed by atoms with Crippen LogP contribution in [0.2, 0.25) is 0 Å². The van der Waals surface area contributed by atoms with Gasteiger partial charge in [-0.2, -0.15) is 5.10 Å². The van der Waals surface area contributed by atoms with E-state index in [2.05, 4.69) is 42.4 Å². The average Bonchev–Trinajstić information content (AvgIpc) is 3.07. The number of ether oxygens (including phenoxy) is 1. The molecule has 3 rings (SSSR count). The predicted molar refractivity (Wildman–Crippen MR) is 108 cm³/mol. The molecule has 0 aliphatic heterocycles. The summed E-state index contributed by atoms with van der Waals surface area (Å²) < 4.78 is 11.9. The number of amides is 1. The summed E-state index contributed by atoms with van der Waals surface area (Å²) >= 11 is 6.46. The fourth-order valence-electron chi connectivity index (χ4n) is 2.41. The third kappa shape index (κ3) is 3.99. The second-order valence-electron chi connectivity index (χ2n) is 5.46. The zero-order chi connectivity index (χ0) is 20.4. The smallest absolute Gasteiger partial charge is 0.312 e. The topological polar surface area (TPSA) is 127 Å². The van der Waals surface area contributed by atoms with Crippen LogP contribution in [-0.4, -0.2) is 29.3 Å². The number of rotatable bonds is 5. The number of nitro groups is 1. The third-order valence-electron chi connectivity index (χ3n) is 3.64. The number of nitrogens with one attached hydrogen (secondary N) is 1. The van der Waals surface area contributed by atoms with Crippen molar-refractivity contribution in [2.45, 2.75) is 0 Å². The standard InChI is InChI=1S/C17H11Br2N3O6/c1-27-13-6-11(19)2-8-4-14(28-16(8)13)17(24)21-20-7-9-3-10(18)5-12(15(9)23)22(25)26/h2-7,23H,1H3,(H,21,24)/b20-7-. The Morgan fingerprint density at radius 3 is 2.68 bits per heavy atom. The van der Waals surface area contributed by atoms with E-state index >= 15 is 0 Å². The molecule has 1 amide bonds. The van der Waals surface area contributed by atoms with Gasteiger partial charge in [0.1, 0.15) is 0 Å². The summed E-state index contributed by atoms with van der Waals surface area (Å²) in [5.74, 6) is -0.759. The predicted octanol–water partition coefficient (Wildman–Crippen LogP) is 4.34. The number of benzene rings is 2. The molecule has 0 saturated heterocycles. The highest BCUT2D eigenvalue weighted by molar-refractivity contribution is 9.10. The maximum absolute atomic E-state index is 12.3. The van der Waals surface area contributed by atoms with Gasteiger partial charge in [-0.25, -0.2) is 5.43 Å². The maximum atomic E-state index is 12.3. The van der Waals surface area contributed by atoms with Gasteiger partial charge in [0.2, 0.25) is 5.75 Å². The first-order valence-corrected chi connectivity index (χ1v) is 9.16. The number of phenols is 1. The number of phenolic OH excluding ortho intramolecular Hbond substituents is 1. The van der Waals surface area contributed by atoms with E-state index in [1.165, 1.54) is 19.2 Å². The Morgan fingerprint density at radius 1 is 1.29 bits per heavy atom. The Morgan fingerprint density at radius 2 is 2.00 bits per heavy atom. The van der Waals surface area contributed by atoms with E-state index in [-0.39, 0.29) is 11.3 Å². The molecule has 0 radical (unpaired) electrons. The molecule has 144 valence electrons. The minimum absolute atomic E-state index is 0.00649. The number of methoxy groups -OCH3 is 1. The van der Waals surface area contributed by atoms with Crippen molar-refractivity contribution in [3.63, 3.8) is 0 Å². The normalized spacial score (nSPS) is 11.1. The molecule has 0 spiro atoms. The van der Waals surface area contributed by atoms with Gasteiger partial charge in [-0.05, 0) is 24.3 Å². The molecular formula is C17H11Br2N3O6. The molecule has 1 heterocycles. The molecule has 3 aromatic rings. The van der Waals surface area contributed by atoms with Crippen LogP contribution in [0.4, 0.5) is 5.69 Å². The van der Waals surface area contributed by atoms with Crippen molar-refractivity contribution in [3.8, 4) is 11.5 Å². The first-order valence-electron chi connectivity index (χ1n) is 7.57. The molecule has 9 nitrogen and oxygen atoms in total. The Bertz CT molecular complexity index is 1130. The van der Waals surface area contributed by atoms with Gasteiger partial charge in [0.15, 0.2) is 17.1 Å². The van der Waals surface area contributed by atoms with Crippen molar-refractivity contribution in [1.82, 2.24) is 5.43 Å². The van der Waals surface area contributed by atoms with Crippen LogP contribution < -0.4 is 10.2 Å². The Kier molecular flexibility index (Phi) is 5.66. The number of carbonyl (C=O) groups is 1. The van der Waals surface area contributed by atoms with Crippen LogP contribution in [0.5, 0.6) is 11.5 Å². The maximum Gasteiger partial charge on any atom is 0.312 e. The summed E-state index contributed by atoms with van der Waals surface area (Å²) in [6.45, 7) is 0. The lowest BCUT2D eigenvalue weighted by atomic mass is 10.2. The number of halogens is 2. The number of fused-ring (bicyclic) bond motifs is 1. The van der Waals surface area contributed by atoms with Gasteiger partial charge in [0.05, 0.1) is 18.2 Å². The lowest BCUT2D eigenvalue weighted by Gasteiger charge is -2.02. The molecule has 2 N–H and O–H groups in total. The van der Waals surface area contributed by atoms with E-state index < -0.39 is 22.3 Å². The van der Waals surface area contributed by atoms with Crippen molar-refractivity contribution in [3.05, 3.63) is 60.7 Å². The van der Waals surface area contributed by atoms with E-state index in [1.807, 2.05) is 0 Å².